The zero-order chi connectivity index (χ0) is 10.8. The van der Waals surface area contributed by atoms with E-state index in [4.69, 9.17) is 0 Å². The highest BCUT2D eigenvalue weighted by molar-refractivity contribution is 5.35. The molecule has 0 amide bonds. The Labute approximate surface area is 94.1 Å². The number of fused-ring (bicyclic) bond motifs is 1. The molecule has 2 saturated carbocycles. The number of hydrogen-bond donors (Lipinski definition) is 0. The van der Waals surface area contributed by atoms with Gasteiger partial charge in [0.1, 0.15) is 0 Å². The topological polar surface area (TPSA) is 0 Å². The van der Waals surface area contributed by atoms with E-state index in [2.05, 4.69) is 33.8 Å². The monoisotopic (exact) mass is 204 g/mol. The van der Waals surface area contributed by atoms with Gasteiger partial charge >= 0.3 is 0 Å². The average Bonchev–Trinajstić information content (AvgIpc) is 2.75. The molecule has 0 aliphatic heterocycles. The summed E-state index contributed by atoms with van der Waals surface area (Å²) in [5.41, 5.74) is 2.47. The normalized spacial score (nSPS) is 52.5. The summed E-state index contributed by atoms with van der Waals surface area (Å²) in [6, 6.07) is 0. The van der Waals surface area contributed by atoms with Gasteiger partial charge in [-0.15, -0.1) is 0 Å². The molecule has 0 aromatic rings. The van der Waals surface area contributed by atoms with Crippen molar-refractivity contribution in [2.75, 3.05) is 0 Å². The first-order valence-electron chi connectivity index (χ1n) is 6.75. The van der Waals surface area contributed by atoms with Crippen molar-refractivity contribution in [2.45, 2.75) is 47.0 Å². The number of rotatable bonds is 1. The summed E-state index contributed by atoms with van der Waals surface area (Å²) in [4.78, 5) is 0. The van der Waals surface area contributed by atoms with Gasteiger partial charge < -0.3 is 0 Å². The summed E-state index contributed by atoms with van der Waals surface area (Å²) in [7, 11) is 0. The maximum absolute atomic E-state index is 2.53. The van der Waals surface area contributed by atoms with E-state index in [1.54, 1.807) is 5.57 Å². The molecule has 0 heteroatoms. The maximum atomic E-state index is 2.53. The molecule has 2 fully saturated rings. The van der Waals surface area contributed by atoms with Crippen LogP contribution in [0.3, 0.4) is 0 Å². The number of allylic oxidation sites excluding steroid dienone is 2. The van der Waals surface area contributed by atoms with E-state index in [9.17, 15) is 0 Å². The van der Waals surface area contributed by atoms with Gasteiger partial charge in [0, 0.05) is 0 Å². The fourth-order valence-corrected chi connectivity index (χ4v) is 5.05. The first-order chi connectivity index (χ1) is 7.09. The maximum Gasteiger partial charge on any atom is -0.0104 e. The molecule has 15 heavy (non-hydrogen) atoms. The van der Waals surface area contributed by atoms with Crippen LogP contribution in [-0.2, 0) is 0 Å². The molecular formula is C15H24. The second kappa shape index (κ2) is 2.90. The average molecular weight is 204 g/mol. The van der Waals surface area contributed by atoms with E-state index in [1.165, 1.54) is 19.3 Å². The Kier molecular flexibility index (Phi) is 1.92. The molecule has 1 unspecified atom stereocenters. The highest BCUT2D eigenvalue weighted by Crippen LogP contribution is 2.77. The Balaban J connectivity index is 1.91. The summed E-state index contributed by atoms with van der Waals surface area (Å²) in [6.07, 6.45) is 6.91. The molecule has 0 saturated heterocycles. The highest BCUT2D eigenvalue weighted by atomic mass is 14.8. The van der Waals surface area contributed by atoms with Crippen LogP contribution in [0, 0.1) is 35.0 Å². The molecule has 3 aliphatic rings. The molecule has 0 N–H and O–H groups in total. The Morgan fingerprint density at radius 1 is 1.33 bits per heavy atom. The van der Waals surface area contributed by atoms with Crippen LogP contribution in [0.4, 0.5) is 0 Å². The van der Waals surface area contributed by atoms with Crippen molar-refractivity contribution in [2.24, 2.45) is 35.0 Å². The Bertz CT molecular complexity index is 312. The van der Waals surface area contributed by atoms with E-state index in [1.807, 2.05) is 0 Å². The Morgan fingerprint density at radius 2 is 2.07 bits per heavy atom. The Morgan fingerprint density at radius 3 is 2.73 bits per heavy atom. The van der Waals surface area contributed by atoms with E-state index >= 15 is 0 Å². The predicted octanol–water partition coefficient (Wildman–Crippen LogP) is 4.27. The van der Waals surface area contributed by atoms with Crippen LogP contribution < -0.4 is 0 Å². The van der Waals surface area contributed by atoms with Crippen LogP contribution in [0.1, 0.15) is 47.0 Å². The molecule has 1 spiro atoms. The van der Waals surface area contributed by atoms with Crippen molar-refractivity contribution in [3.05, 3.63) is 11.6 Å². The van der Waals surface area contributed by atoms with Crippen molar-refractivity contribution < 1.29 is 0 Å². The van der Waals surface area contributed by atoms with Crippen LogP contribution in [-0.4, -0.2) is 0 Å². The van der Waals surface area contributed by atoms with Crippen LogP contribution in [0.2, 0.25) is 0 Å². The van der Waals surface area contributed by atoms with Gasteiger partial charge in [-0.2, -0.15) is 0 Å². The van der Waals surface area contributed by atoms with Gasteiger partial charge in [-0.25, -0.2) is 0 Å². The first-order valence-corrected chi connectivity index (χ1v) is 6.75. The third kappa shape index (κ3) is 1.04. The third-order valence-electron chi connectivity index (χ3n) is 5.89. The second-order valence-electron chi connectivity index (χ2n) is 6.65. The Hall–Kier alpha value is -0.260. The second-order valence-corrected chi connectivity index (χ2v) is 6.65. The minimum Gasteiger partial charge on any atom is -0.0847 e. The van der Waals surface area contributed by atoms with Gasteiger partial charge in [-0.1, -0.05) is 32.4 Å². The third-order valence-corrected chi connectivity index (χ3v) is 5.89. The lowest BCUT2D eigenvalue weighted by molar-refractivity contribution is 0.149. The summed E-state index contributed by atoms with van der Waals surface area (Å²) in [6.45, 7) is 9.75. The zero-order valence-corrected chi connectivity index (χ0v) is 10.6. The molecule has 5 atom stereocenters. The van der Waals surface area contributed by atoms with Gasteiger partial charge in [0.2, 0.25) is 0 Å². The van der Waals surface area contributed by atoms with Crippen molar-refractivity contribution in [1.29, 1.82) is 0 Å². The molecule has 0 radical (unpaired) electrons. The van der Waals surface area contributed by atoms with Crippen molar-refractivity contribution in [3.8, 4) is 0 Å². The van der Waals surface area contributed by atoms with Crippen LogP contribution in [0.5, 0.6) is 0 Å². The highest BCUT2D eigenvalue weighted by Gasteiger charge is 2.71. The molecule has 0 nitrogen and oxygen atoms in total. The molecule has 0 heterocycles. The van der Waals surface area contributed by atoms with Gasteiger partial charge in [-0.3, -0.25) is 0 Å². The minimum atomic E-state index is 0.747. The fourth-order valence-electron chi connectivity index (χ4n) is 5.05. The van der Waals surface area contributed by atoms with Gasteiger partial charge in [0.15, 0.2) is 0 Å². The first kappa shape index (κ1) is 9.93. The van der Waals surface area contributed by atoms with Gasteiger partial charge in [0.25, 0.3) is 0 Å². The SMILES string of the molecule is CC1=CCC23[C@H]([C@H](C(C)C)CC[C@H]2C)[C@H]13. The predicted molar refractivity (Wildman–Crippen MR) is 64.5 cm³/mol. The summed E-state index contributed by atoms with van der Waals surface area (Å²) < 4.78 is 0. The number of hydrogen-bond acceptors (Lipinski definition) is 0. The van der Waals surface area contributed by atoms with E-state index in [-0.39, 0.29) is 0 Å². The van der Waals surface area contributed by atoms with Crippen molar-refractivity contribution >= 4 is 0 Å². The molecule has 3 aliphatic carbocycles. The largest absolute Gasteiger partial charge is 0.0847 e. The quantitative estimate of drug-likeness (QED) is 0.559. The van der Waals surface area contributed by atoms with Crippen LogP contribution >= 0.6 is 0 Å². The van der Waals surface area contributed by atoms with Gasteiger partial charge in [-0.05, 0) is 61.2 Å². The van der Waals surface area contributed by atoms with Crippen molar-refractivity contribution in [3.63, 3.8) is 0 Å². The summed E-state index contributed by atoms with van der Waals surface area (Å²) in [5.74, 6) is 4.96. The summed E-state index contributed by atoms with van der Waals surface area (Å²) in [5, 5.41) is 0. The van der Waals surface area contributed by atoms with E-state index in [0.29, 0.717) is 0 Å². The fraction of sp³-hybridized carbons (Fsp3) is 0.867. The minimum absolute atomic E-state index is 0.747. The van der Waals surface area contributed by atoms with Crippen LogP contribution in [0.15, 0.2) is 11.6 Å². The molecule has 0 bridgehead atoms. The van der Waals surface area contributed by atoms with Crippen molar-refractivity contribution in [1.82, 2.24) is 0 Å². The zero-order valence-electron chi connectivity index (χ0n) is 10.6. The lowest BCUT2D eigenvalue weighted by Gasteiger charge is -2.35. The standard InChI is InChI=1S/C15H24/c1-9(2)12-6-5-11(4)15-8-7-10(3)13(15)14(12)15/h7,9,11-14H,5-6,8H2,1-4H3/t11-,12+,13+,14-,15?/m1/s1. The molecule has 0 aromatic carbocycles. The molecular weight excluding hydrogens is 180 g/mol. The molecule has 3 rings (SSSR count). The molecule has 0 aromatic heterocycles. The van der Waals surface area contributed by atoms with E-state index in [0.717, 1.165) is 35.0 Å². The lowest BCUT2D eigenvalue weighted by Crippen LogP contribution is -2.27. The van der Waals surface area contributed by atoms with E-state index < -0.39 is 0 Å². The lowest BCUT2D eigenvalue weighted by atomic mass is 9.70. The van der Waals surface area contributed by atoms with Crippen LogP contribution in [0.25, 0.3) is 0 Å². The summed E-state index contributed by atoms with van der Waals surface area (Å²) >= 11 is 0. The smallest absolute Gasteiger partial charge is 0.0104 e. The molecule has 84 valence electrons. The van der Waals surface area contributed by atoms with Gasteiger partial charge in [0.05, 0.1) is 0 Å².